The van der Waals surface area contributed by atoms with Gasteiger partial charge in [0.25, 0.3) is 0 Å². The van der Waals surface area contributed by atoms with Crippen molar-refractivity contribution in [3.05, 3.63) is 35.3 Å². The van der Waals surface area contributed by atoms with Gasteiger partial charge in [0, 0.05) is 23.0 Å². The largest absolute Gasteiger partial charge is 0.453 e. The van der Waals surface area contributed by atoms with Gasteiger partial charge in [-0.25, -0.2) is 9.78 Å². The Morgan fingerprint density at radius 2 is 2.13 bits per heavy atom. The van der Waals surface area contributed by atoms with Crippen LogP contribution in [-0.2, 0) is 23.1 Å². The molecule has 3 aromatic rings. The summed E-state index contributed by atoms with van der Waals surface area (Å²) in [5.74, 6) is 0.247. The number of aromatic nitrogens is 4. The molecule has 0 aliphatic heterocycles. The number of methoxy groups -OCH3 is 1. The SMILES string of the molecule is CCCc1ccc(-c2nn(C(C)(C)C)c3c2C(C)Cc2nc(NC(=O)OC)sc2-3)cn1. The molecular weight excluding hydrogens is 410 g/mol. The third-order valence-corrected chi connectivity index (χ3v) is 6.48. The number of anilines is 1. The lowest BCUT2D eigenvalue weighted by Gasteiger charge is -2.25. The fourth-order valence-electron chi connectivity index (χ4n) is 4.04. The van der Waals surface area contributed by atoms with Gasteiger partial charge in [0.05, 0.1) is 34.6 Å². The highest BCUT2D eigenvalue weighted by atomic mass is 32.1. The molecule has 8 heteroatoms. The summed E-state index contributed by atoms with van der Waals surface area (Å²) in [7, 11) is 1.35. The number of thiazole rings is 1. The number of fused-ring (bicyclic) bond motifs is 3. The van der Waals surface area contributed by atoms with Crippen LogP contribution < -0.4 is 5.32 Å². The molecule has 164 valence electrons. The molecule has 31 heavy (non-hydrogen) atoms. The number of nitrogens with zero attached hydrogens (tertiary/aromatic N) is 4. The summed E-state index contributed by atoms with van der Waals surface area (Å²) in [5, 5.41) is 8.35. The zero-order valence-electron chi connectivity index (χ0n) is 18.9. The van der Waals surface area contributed by atoms with Gasteiger partial charge in [0.2, 0.25) is 0 Å². The van der Waals surface area contributed by atoms with Crippen molar-refractivity contribution in [2.75, 3.05) is 12.4 Å². The lowest BCUT2D eigenvalue weighted by Crippen LogP contribution is -2.25. The summed E-state index contributed by atoms with van der Waals surface area (Å²) >= 11 is 1.47. The first-order valence-corrected chi connectivity index (χ1v) is 11.5. The van der Waals surface area contributed by atoms with Crippen LogP contribution >= 0.6 is 11.3 Å². The van der Waals surface area contributed by atoms with Gasteiger partial charge >= 0.3 is 6.09 Å². The van der Waals surface area contributed by atoms with Crippen LogP contribution in [0.5, 0.6) is 0 Å². The maximum absolute atomic E-state index is 11.7. The number of hydrogen-bond acceptors (Lipinski definition) is 6. The van der Waals surface area contributed by atoms with E-state index < -0.39 is 6.09 Å². The van der Waals surface area contributed by atoms with Crippen LogP contribution in [0.25, 0.3) is 21.8 Å². The molecule has 1 N–H and O–H groups in total. The van der Waals surface area contributed by atoms with Gasteiger partial charge in [-0.3, -0.25) is 15.0 Å². The van der Waals surface area contributed by atoms with Crippen molar-refractivity contribution in [2.45, 2.75) is 65.3 Å². The van der Waals surface area contributed by atoms with Crippen molar-refractivity contribution in [1.29, 1.82) is 0 Å². The number of pyridine rings is 1. The topological polar surface area (TPSA) is 81.9 Å². The molecule has 0 aromatic carbocycles. The van der Waals surface area contributed by atoms with Gasteiger partial charge in [0.15, 0.2) is 5.13 Å². The summed E-state index contributed by atoms with van der Waals surface area (Å²) in [4.78, 5) is 22.1. The molecule has 0 saturated heterocycles. The van der Waals surface area contributed by atoms with Crippen molar-refractivity contribution in [2.24, 2.45) is 0 Å². The normalized spacial score (nSPS) is 15.4. The molecule has 0 bridgehead atoms. The van der Waals surface area contributed by atoms with Gasteiger partial charge in [-0.2, -0.15) is 5.10 Å². The Kier molecular flexibility index (Phi) is 5.60. The minimum absolute atomic E-state index is 0.216. The zero-order valence-corrected chi connectivity index (χ0v) is 19.8. The highest BCUT2D eigenvalue weighted by molar-refractivity contribution is 7.19. The highest BCUT2D eigenvalue weighted by Crippen LogP contribution is 2.48. The van der Waals surface area contributed by atoms with Crippen LogP contribution in [-0.4, -0.2) is 33.0 Å². The van der Waals surface area contributed by atoms with E-state index in [4.69, 9.17) is 9.84 Å². The van der Waals surface area contributed by atoms with Crippen LogP contribution in [0, 0.1) is 0 Å². The molecule has 1 atom stereocenters. The van der Waals surface area contributed by atoms with E-state index in [2.05, 4.69) is 66.7 Å². The molecule has 3 heterocycles. The van der Waals surface area contributed by atoms with Gasteiger partial charge < -0.3 is 4.74 Å². The first kappa shape index (κ1) is 21.5. The number of ether oxygens (including phenoxy) is 1. The number of aryl methyl sites for hydroxylation is 1. The number of rotatable bonds is 4. The van der Waals surface area contributed by atoms with E-state index in [1.54, 1.807) is 0 Å². The van der Waals surface area contributed by atoms with Gasteiger partial charge in [0.1, 0.15) is 0 Å². The first-order chi connectivity index (χ1) is 14.7. The molecule has 1 aliphatic rings. The van der Waals surface area contributed by atoms with Gasteiger partial charge in [-0.1, -0.05) is 31.6 Å². The highest BCUT2D eigenvalue weighted by Gasteiger charge is 2.36. The Labute approximate surface area is 186 Å². The second-order valence-electron chi connectivity index (χ2n) is 9.00. The van der Waals surface area contributed by atoms with E-state index in [9.17, 15) is 4.79 Å². The standard InChI is InChI=1S/C23H29N5O2S/c1-7-8-15-10-9-14(12-24-15)18-17-13(2)11-16-20(19(17)28(27-18)23(3,4)5)31-21(25-16)26-22(29)30-6/h9-10,12-13H,7-8,11H2,1-6H3,(H,25,26,29). The smallest absolute Gasteiger partial charge is 0.413 e. The lowest BCUT2D eigenvalue weighted by molar-refractivity contribution is 0.187. The average molecular weight is 440 g/mol. The Morgan fingerprint density at radius 1 is 1.35 bits per heavy atom. The summed E-state index contributed by atoms with van der Waals surface area (Å²) in [6, 6.07) is 4.23. The molecule has 1 amide bonds. The van der Waals surface area contributed by atoms with Crippen LogP contribution in [0.15, 0.2) is 18.3 Å². The van der Waals surface area contributed by atoms with Crippen molar-refractivity contribution in [1.82, 2.24) is 19.7 Å². The maximum Gasteiger partial charge on any atom is 0.413 e. The van der Waals surface area contributed by atoms with Crippen LogP contribution in [0.3, 0.4) is 0 Å². The molecule has 4 rings (SSSR count). The van der Waals surface area contributed by atoms with Gasteiger partial charge in [-0.05, 0) is 51.7 Å². The van der Waals surface area contributed by atoms with E-state index >= 15 is 0 Å². The fraction of sp³-hybridized carbons (Fsp3) is 0.478. The van der Waals surface area contributed by atoms with Crippen molar-refractivity contribution in [3.8, 4) is 21.8 Å². The fourth-order valence-corrected chi connectivity index (χ4v) is 5.07. The summed E-state index contributed by atoms with van der Waals surface area (Å²) in [6.45, 7) is 10.8. The number of hydrogen-bond donors (Lipinski definition) is 1. The van der Waals surface area contributed by atoms with E-state index in [-0.39, 0.29) is 11.5 Å². The molecule has 0 radical (unpaired) electrons. The number of carbonyl (C=O) groups excluding carboxylic acids is 1. The predicted octanol–water partition coefficient (Wildman–Crippen LogP) is 5.61. The summed E-state index contributed by atoms with van der Waals surface area (Å²) < 4.78 is 6.84. The minimum atomic E-state index is -0.511. The van der Waals surface area contributed by atoms with Crippen LogP contribution in [0.2, 0.25) is 0 Å². The van der Waals surface area contributed by atoms with E-state index in [0.29, 0.717) is 5.13 Å². The Morgan fingerprint density at radius 3 is 2.74 bits per heavy atom. The molecule has 0 saturated carbocycles. The van der Waals surface area contributed by atoms with Crippen LogP contribution in [0.1, 0.15) is 63.9 Å². The van der Waals surface area contributed by atoms with Crippen LogP contribution in [0.4, 0.5) is 9.93 Å². The van der Waals surface area contributed by atoms with Gasteiger partial charge in [-0.15, -0.1) is 0 Å². The summed E-state index contributed by atoms with van der Waals surface area (Å²) in [6.07, 6.45) is 4.28. The summed E-state index contributed by atoms with van der Waals surface area (Å²) in [5.41, 5.74) is 6.20. The average Bonchev–Trinajstić information content (AvgIpc) is 3.30. The Hall–Kier alpha value is -2.74. The predicted molar refractivity (Wildman–Crippen MR) is 124 cm³/mol. The number of carbonyl (C=O) groups is 1. The van der Waals surface area contributed by atoms with Crippen molar-refractivity contribution in [3.63, 3.8) is 0 Å². The first-order valence-electron chi connectivity index (χ1n) is 10.7. The quantitative estimate of drug-likeness (QED) is 0.571. The van der Waals surface area contributed by atoms with Crippen molar-refractivity contribution >= 4 is 22.6 Å². The Bertz CT molecular complexity index is 1110. The van der Waals surface area contributed by atoms with E-state index in [1.807, 2.05) is 6.20 Å². The lowest BCUT2D eigenvalue weighted by atomic mass is 9.86. The third-order valence-electron chi connectivity index (χ3n) is 5.46. The number of amides is 1. The number of nitrogens with one attached hydrogen (secondary N) is 1. The second kappa shape index (κ2) is 8.07. The molecule has 1 aliphatic carbocycles. The van der Waals surface area contributed by atoms with E-state index in [0.717, 1.165) is 52.5 Å². The molecule has 0 spiro atoms. The second-order valence-corrected chi connectivity index (χ2v) is 10.00. The maximum atomic E-state index is 11.7. The van der Waals surface area contributed by atoms with E-state index in [1.165, 1.54) is 24.0 Å². The molecule has 3 aromatic heterocycles. The van der Waals surface area contributed by atoms with Crippen molar-refractivity contribution < 1.29 is 9.53 Å². The molecule has 0 fully saturated rings. The monoisotopic (exact) mass is 439 g/mol. The third kappa shape index (κ3) is 3.96. The molecular formula is C23H29N5O2S. The molecule has 1 unspecified atom stereocenters. The molecule has 7 nitrogen and oxygen atoms in total. The minimum Gasteiger partial charge on any atom is -0.453 e. The Balaban J connectivity index is 1.87. The zero-order chi connectivity index (χ0) is 22.3.